The van der Waals surface area contributed by atoms with E-state index in [1.807, 2.05) is 11.0 Å². The van der Waals surface area contributed by atoms with E-state index in [9.17, 15) is 4.79 Å². The van der Waals surface area contributed by atoms with Gasteiger partial charge in [-0.15, -0.1) is 0 Å². The van der Waals surface area contributed by atoms with Crippen molar-refractivity contribution in [2.75, 3.05) is 24.5 Å². The number of amides is 1. The first-order chi connectivity index (χ1) is 14.7. The first kappa shape index (κ1) is 19.1. The van der Waals surface area contributed by atoms with Crippen LogP contribution in [-0.2, 0) is 11.2 Å². The molecule has 2 aliphatic heterocycles. The minimum atomic E-state index is 0.679. The van der Waals surface area contributed by atoms with E-state index in [2.05, 4.69) is 65.5 Å². The molecule has 1 amide bonds. The zero-order valence-electron chi connectivity index (χ0n) is 17.6. The fourth-order valence-corrected chi connectivity index (χ4v) is 5.06. The third kappa shape index (κ3) is 3.68. The Balaban J connectivity index is 1.39. The van der Waals surface area contributed by atoms with Crippen LogP contribution in [0.5, 0.6) is 0 Å². The Kier molecular flexibility index (Phi) is 5.17. The molecule has 1 unspecified atom stereocenters. The van der Waals surface area contributed by atoms with Gasteiger partial charge in [0.15, 0.2) is 0 Å². The van der Waals surface area contributed by atoms with Gasteiger partial charge in [-0.2, -0.15) is 0 Å². The zero-order chi connectivity index (χ0) is 20.5. The lowest BCUT2D eigenvalue weighted by atomic mass is 9.94. The lowest BCUT2D eigenvalue weighted by Crippen LogP contribution is -2.32. The molecule has 3 heterocycles. The van der Waals surface area contributed by atoms with Crippen molar-refractivity contribution >= 4 is 28.6 Å². The van der Waals surface area contributed by atoms with E-state index >= 15 is 0 Å². The minimum absolute atomic E-state index is 0.679. The largest absolute Gasteiger partial charge is 0.361 e. The second-order valence-electron chi connectivity index (χ2n) is 8.69. The van der Waals surface area contributed by atoms with Gasteiger partial charge < -0.3 is 9.88 Å². The fraction of sp³-hybridized carbons (Fsp3) is 0.346. The summed E-state index contributed by atoms with van der Waals surface area (Å²) in [5.74, 6) is 0. The van der Waals surface area contributed by atoms with Crippen LogP contribution in [0.4, 0.5) is 5.69 Å². The molecule has 1 fully saturated rings. The molecule has 0 spiro atoms. The normalized spacial score (nSPS) is 19.0. The second kappa shape index (κ2) is 8.11. The van der Waals surface area contributed by atoms with Crippen molar-refractivity contribution in [2.24, 2.45) is 0 Å². The van der Waals surface area contributed by atoms with Gasteiger partial charge in [-0.1, -0.05) is 35.9 Å². The molecule has 4 heteroatoms. The number of rotatable bonds is 6. The molecule has 0 aliphatic carbocycles. The molecule has 2 aliphatic rings. The van der Waals surface area contributed by atoms with E-state index < -0.39 is 0 Å². The highest BCUT2D eigenvalue weighted by molar-refractivity contribution is 5.96. The van der Waals surface area contributed by atoms with Crippen LogP contribution < -0.4 is 4.90 Å². The van der Waals surface area contributed by atoms with Gasteiger partial charge >= 0.3 is 0 Å². The number of aromatic nitrogens is 1. The summed E-state index contributed by atoms with van der Waals surface area (Å²) in [6.07, 6.45) is 10.1. The van der Waals surface area contributed by atoms with Gasteiger partial charge in [0.2, 0.25) is 6.41 Å². The Labute approximate surface area is 178 Å². The summed E-state index contributed by atoms with van der Waals surface area (Å²) in [5.41, 5.74) is 7.35. The molecule has 30 heavy (non-hydrogen) atoms. The molecule has 1 saturated heterocycles. The van der Waals surface area contributed by atoms with Crippen LogP contribution in [0.15, 0.2) is 54.7 Å². The monoisotopic (exact) mass is 399 g/mol. The molecule has 0 saturated carbocycles. The van der Waals surface area contributed by atoms with Crippen molar-refractivity contribution in [3.05, 3.63) is 71.4 Å². The quantitative estimate of drug-likeness (QED) is 0.597. The van der Waals surface area contributed by atoms with Crippen LogP contribution in [0.25, 0.3) is 16.5 Å². The predicted molar refractivity (Wildman–Crippen MR) is 124 cm³/mol. The number of hydrogen-bond acceptors (Lipinski definition) is 2. The van der Waals surface area contributed by atoms with Gasteiger partial charge in [0.1, 0.15) is 0 Å². The molecular weight excluding hydrogens is 370 g/mol. The predicted octanol–water partition coefficient (Wildman–Crippen LogP) is 4.93. The van der Waals surface area contributed by atoms with Crippen molar-refractivity contribution in [3.8, 4) is 0 Å². The van der Waals surface area contributed by atoms with E-state index in [1.54, 1.807) is 0 Å². The first-order valence-electron chi connectivity index (χ1n) is 11.0. The minimum Gasteiger partial charge on any atom is -0.361 e. The summed E-state index contributed by atoms with van der Waals surface area (Å²) in [7, 11) is 0. The van der Waals surface area contributed by atoms with Crippen molar-refractivity contribution < 1.29 is 4.79 Å². The number of fused-ring (bicyclic) bond motifs is 2. The second-order valence-corrected chi connectivity index (χ2v) is 8.69. The maximum Gasteiger partial charge on any atom is 0.214 e. The number of aryl methyl sites for hydroxylation is 1. The Morgan fingerprint density at radius 1 is 1.23 bits per heavy atom. The highest BCUT2D eigenvalue weighted by Gasteiger charge is 2.28. The molecular formula is C26H29N3O. The fourth-order valence-electron chi connectivity index (χ4n) is 5.06. The molecule has 0 bridgehead atoms. The summed E-state index contributed by atoms with van der Waals surface area (Å²) in [4.78, 5) is 19.7. The molecule has 2 aromatic carbocycles. The van der Waals surface area contributed by atoms with Crippen molar-refractivity contribution in [1.29, 1.82) is 0 Å². The van der Waals surface area contributed by atoms with Gasteiger partial charge in [-0.05, 0) is 68.5 Å². The lowest BCUT2D eigenvalue weighted by Gasteiger charge is -2.29. The standard InChI is InChI=1S/C26H29N3O/c1-19-4-2-5-20(14-19)9-12-29(18-30)23-7-8-26-24(16-23)25(17-27-26)21-10-13-28-11-3-6-22(28)15-21/h2,4-5,7-8,10,14,16-18,22,27H,3,6,9,11-13,15H2,1H3. The van der Waals surface area contributed by atoms with Gasteiger partial charge in [0, 0.05) is 47.5 Å². The molecule has 1 aromatic heterocycles. The van der Waals surface area contributed by atoms with Gasteiger partial charge in [0.05, 0.1) is 0 Å². The van der Waals surface area contributed by atoms with E-state index in [4.69, 9.17) is 0 Å². The van der Waals surface area contributed by atoms with Gasteiger partial charge in [0.25, 0.3) is 0 Å². The number of benzene rings is 2. The summed E-state index contributed by atoms with van der Waals surface area (Å²) in [6.45, 7) is 5.08. The number of carbonyl (C=O) groups is 1. The number of nitrogens with one attached hydrogen (secondary N) is 1. The molecule has 1 N–H and O–H groups in total. The Morgan fingerprint density at radius 2 is 2.17 bits per heavy atom. The van der Waals surface area contributed by atoms with Crippen LogP contribution in [0.3, 0.4) is 0 Å². The first-order valence-corrected chi connectivity index (χ1v) is 11.0. The molecule has 5 rings (SSSR count). The summed E-state index contributed by atoms with van der Waals surface area (Å²) in [5, 5.41) is 1.22. The van der Waals surface area contributed by atoms with Crippen LogP contribution in [0.1, 0.15) is 36.0 Å². The highest BCUT2D eigenvalue weighted by Crippen LogP contribution is 2.36. The number of nitrogens with zero attached hydrogens (tertiary/aromatic N) is 2. The third-order valence-electron chi connectivity index (χ3n) is 6.72. The number of hydrogen-bond donors (Lipinski definition) is 1. The Morgan fingerprint density at radius 3 is 3.03 bits per heavy atom. The Hall–Kier alpha value is -2.85. The SMILES string of the molecule is Cc1cccc(CCN(C=O)c2ccc3[nH]cc(C4=CCN5CCCC5C4)c3c2)c1. The van der Waals surface area contributed by atoms with Crippen LogP contribution in [0.2, 0.25) is 0 Å². The maximum absolute atomic E-state index is 11.9. The zero-order valence-corrected chi connectivity index (χ0v) is 17.6. The molecule has 3 aromatic rings. The van der Waals surface area contributed by atoms with Crippen molar-refractivity contribution in [1.82, 2.24) is 9.88 Å². The number of H-pyrrole nitrogens is 1. The maximum atomic E-state index is 11.9. The molecule has 1 atom stereocenters. The molecule has 4 nitrogen and oxygen atoms in total. The van der Waals surface area contributed by atoms with Gasteiger partial charge in [-0.25, -0.2) is 0 Å². The lowest BCUT2D eigenvalue weighted by molar-refractivity contribution is -0.107. The summed E-state index contributed by atoms with van der Waals surface area (Å²) >= 11 is 0. The number of anilines is 1. The summed E-state index contributed by atoms with van der Waals surface area (Å²) in [6, 6.07) is 15.5. The van der Waals surface area contributed by atoms with Gasteiger partial charge in [-0.3, -0.25) is 9.69 Å². The third-order valence-corrected chi connectivity index (χ3v) is 6.72. The van der Waals surface area contributed by atoms with Crippen LogP contribution in [0, 0.1) is 6.92 Å². The average molecular weight is 400 g/mol. The van der Waals surface area contributed by atoms with Crippen molar-refractivity contribution in [3.63, 3.8) is 0 Å². The van der Waals surface area contributed by atoms with E-state index in [1.165, 1.54) is 47.0 Å². The summed E-state index contributed by atoms with van der Waals surface area (Å²) < 4.78 is 0. The molecule has 154 valence electrons. The number of aromatic amines is 1. The van der Waals surface area contributed by atoms with Crippen molar-refractivity contribution in [2.45, 2.75) is 38.6 Å². The number of carbonyl (C=O) groups excluding carboxylic acids is 1. The highest BCUT2D eigenvalue weighted by atomic mass is 16.1. The topological polar surface area (TPSA) is 39.3 Å². The van der Waals surface area contributed by atoms with Crippen LogP contribution >= 0.6 is 0 Å². The average Bonchev–Trinajstić information content (AvgIpc) is 3.40. The van der Waals surface area contributed by atoms with E-state index in [-0.39, 0.29) is 0 Å². The Bertz CT molecular complexity index is 1100. The smallest absolute Gasteiger partial charge is 0.214 e. The molecule has 0 radical (unpaired) electrons. The van der Waals surface area contributed by atoms with E-state index in [0.717, 1.165) is 37.0 Å². The van der Waals surface area contributed by atoms with E-state index in [0.29, 0.717) is 12.6 Å². The van der Waals surface area contributed by atoms with Crippen LogP contribution in [-0.4, -0.2) is 42.0 Å².